The molecule has 0 fully saturated rings. The minimum absolute atomic E-state index is 0.152. The molecule has 0 aliphatic heterocycles. The molecule has 0 amide bonds. The minimum atomic E-state index is -0.206. The molecule has 3 heteroatoms. The van der Waals surface area contributed by atoms with Crippen molar-refractivity contribution in [1.29, 1.82) is 0 Å². The molecule has 17 heavy (non-hydrogen) atoms. The lowest BCUT2D eigenvalue weighted by Gasteiger charge is -2.05. The third-order valence-corrected chi connectivity index (χ3v) is 2.94. The SMILES string of the molecule is CNC(C)c1ccc(-c2ccc(C)c(F)c2)o1. The van der Waals surface area contributed by atoms with Crippen LogP contribution in [0, 0.1) is 12.7 Å². The van der Waals surface area contributed by atoms with Crippen LogP contribution >= 0.6 is 0 Å². The van der Waals surface area contributed by atoms with Crippen LogP contribution in [0.5, 0.6) is 0 Å². The number of benzene rings is 1. The van der Waals surface area contributed by atoms with Crippen LogP contribution in [-0.2, 0) is 0 Å². The van der Waals surface area contributed by atoms with Gasteiger partial charge in [0, 0.05) is 5.56 Å². The highest BCUT2D eigenvalue weighted by atomic mass is 19.1. The van der Waals surface area contributed by atoms with Crippen molar-refractivity contribution >= 4 is 0 Å². The van der Waals surface area contributed by atoms with Gasteiger partial charge in [0.2, 0.25) is 0 Å². The highest BCUT2D eigenvalue weighted by molar-refractivity contribution is 5.58. The molecule has 1 aromatic heterocycles. The summed E-state index contributed by atoms with van der Waals surface area (Å²) in [5.74, 6) is 1.34. The zero-order valence-corrected chi connectivity index (χ0v) is 10.3. The number of rotatable bonds is 3. The van der Waals surface area contributed by atoms with Crippen LogP contribution in [0.1, 0.15) is 24.3 Å². The highest BCUT2D eigenvalue weighted by Gasteiger charge is 2.10. The van der Waals surface area contributed by atoms with Crippen molar-refractivity contribution < 1.29 is 8.81 Å². The van der Waals surface area contributed by atoms with Crippen LogP contribution in [0.15, 0.2) is 34.7 Å². The van der Waals surface area contributed by atoms with E-state index in [1.807, 2.05) is 32.2 Å². The smallest absolute Gasteiger partial charge is 0.134 e. The lowest BCUT2D eigenvalue weighted by molar-refractivity contribution is 0.458. The van der Waals surface area contributed by atoms with Gasteiger partial charge in [-0.2, -0.15) is 0 Å². The van der Waals surface area contributed by atoms with Gasteiger partial charge < -0.3 is 9.73 Å². The summed E-state index contributed by atoms with van der Waals surface area (Å²) >= 11 is 0. The van der Waals surface area contributed by atoms with Gasteiger partial charge in [-0.1, -0.05) is 12.1 Å². The third-order valence-electron chi connectivity index (χ3n) is 2.94. The zero-order valence-electron chi connectivity index (χ0n) is 10.3. The van der Waals surface area contributed by atoms with Crippen LogP contribution in [-0.4, -0.2) is 7.05 Å². The van der Waals surface area contributed by atoms with E-state index in [1.165, 1.54) is 6.07 Å². The Morgan fingerprint density at radius 2 is 2.00 bits per heavy atom. The van der Waals surface area contributed by atoms with Gasteiger partial charge in [0.25, 0.3) is 0 Å². The minimum Gasteiger partial charge on any atom is -0.459 e. The summed E-state index contributed by atoms with van der Waals surface area (Å²) < 4.78 is 19.1. The molecule has 0 aliphatic rings. The van der Waals surface area contributed by atoms with Crippen molar-refractivity contribution in [2.24, 2.45) is 0 Å². The quantitative estimate of drug-likeness (QED) is 0.875. The number of hydrogen-bond acceptors (Lipinski definition) is 2. The topological polar surface area (TPSA) is 25.2 Å². The number of aryl methyl sites for hydroxylation is 1. The lowest BCUT2D eigenvalue weighted by atomic mass is 10.1. The van der Waals surface area contributed by atoms with E-state index in [1.54, 1.807) is 13.0 Å². The van der Waals surface area contributed by atoms with Crippen molar-refractivity contribution in [3.63, 3.8) is 0 Å². The number of furan rings is 1. The maximum absolute atomic E-state index is 13.4. The Labute approximate surface area is 100 Å². The molecule has 1 atom stereocenters. The van der Waals surface area contributed by atoms with Crippen LogP contribution in [0.2, 0.25) is 0 Å². The largest absolute Gasteiger partial charge is 0.459 e. The van der Waals surface area contributed by atoms with Crippen molar-refractivity contribution in [2.45, 2.75) is 19.9 Å². The van der Waals surface area contributed by atoms with Gasteiger partial charge in [0.15, 0.2) is 0 Å². The van der Waals surface area contributed by atoms with Crippen LogP contribution in [0.25, 0.3) is 11.3 Å². The van der Waals surface area contributed by atoms with E-state index in [0.29, 0.717) is 11.3 Å². The second-order valence-corrected chi connectivity index (χ2v) is 4.18. The van der Waals surface area contributed by atoms with Gasteiger partial charge in [-0.15, -0.1) is 0 Å². The van der Waals surface area contributed by atoms with Gasteiger partial charge in [0.1, 0.15) is 17.3 Å². The number of nitrogens with one attached hydrogen (secondary N) is 1. The molecule has 0 radical (unpaired) electrons. The summed E-state index contributed by atoms with van der Waals surface area (Å²) in [6.07, 6.45) is 0. The molecule has 0 aliphatic carbocycles. The fourth-order valence-corrected chi connectivity index (χ4v) is 1.63. The highest BCUT2D eigenvalue weighted by Crippen LogP contribution is 2.26. The summed E-state index contributed by atoms with van der Waals surface area (Å²) in [5, 5.41) is 3.10. The predicted molar refractivity (Wildman–Crippen MR) is 66.3 cm³/mol. The van der Waals surface area contributed by atoms with E-state index in [4.69, 9.17) is 4.42 Å². The Hall–Kier alpha value is -1.61. The number of halogens is 1. The Kier molecular flexibility index (Phi) is 3.29. The molecular weight excluding hydrogens is 217 g/mol. The average Bonchev–Trinajstić information content (AvgIpc) is 2.81. The van der Waals surface area contributed by atoms with E-state index in [-0.39, 0.29) is 11.9 Å². The van der Waals surface area contributed by atoms with E-state index in [0.717, 1.165) is 11.3 Å². The Morgan fingerprint density at radius 3 is 2.65 bits per heavy atom. The molecule has 0 saturated carbocycles. The normalized spacial score (nSPS) is 12.7. The molecule has 2 nitrogen and oxygen atoms in total. The standard InChI is InChI=1S/C14H16FNO/c1-9-4-5-11(8-12(9)15)14-7-6-13(17-14)10(2)16-3/h4-8,10,16H,1-3H3. The summed E-state index contributed by atoms with van der Waals surface area (Å²) in [7, 11) is 1.87. The monoisotopic (exact) mass is 233 g/mol. The lowest BCUT2D eigenvalue weighted by Crippen LogP contribution is -2.10. The summed E-state index contributed by atoms with van der Waals surface area (Å²) in [5.41, 5.74) is 1.41. The molecule has 2 rings (SSSR count). The van der Waals surface area contributed by atoms with E-state index < -0.39 is 0 Å². The summed E-state index contributed by atoms with van der Waals surface area (Å²) in [6, 6.07) is 9.06. The van der Waals surface area contributed by atoms with E-state index in [9.17, 15) is 4.39 Å². The van der Waals surface area contributed by atoms with Gasteiger partial charge in [-0.3, -0.25) is 0 Å². The molecule has 2 aromatic rings. The second kappa shape index (κ2) is 4.72. The first-order valence-electron chi connectivity index (χ1n) is 5.65. The molecule has 0 bridgehead atoms. The fraction of sp³-hybridized carbons (Fsp3) is 0.286. The molecule has 1 aromatic carbocycles. The van der Waals surface area contributed by atoms with Crippen LogP contribution < -0.4 is 5.32 Å². The van der Waals surface area contributed by atoms with Crippen molar-refractivity contribution in [3.05, 3.63) is 47.5 Å². The summed E-state index contributed by atoms with van der Waals surface area (Å²) in [6.45, 7) is 3.76. The van der Waals surface area contributed by atoms with Gasteiger partial charge in [-0.25, -0.2) is 4.39 Å². The maximum atomic E-state index is 13.4. The average molecular weight is 233 g/mol. The Morgan fingerprint density at radius 1 is 1.24 bits per heavy atom. The fourth-order valence-electron chi connectivity index (χ4n) is 1.63. The number of hydrogen-bond donors (Lipinski definition) is 1. The zero-order chi connectivity index (χ0) is 12.4. The van der Waals surface area contributed by atoms with Crippen molar-refractivity contribution in [1.82, 2.24) is 5.32 Å². The molecule has 0 spiro atoms. The van der Waals surface area contributed by atoms with Gasteiger partial charge >= 0.3 is 0 Å². The van der Waals surface area contributed by atoms with Crippen LogP contribution in [0.4, 0.5) is 4.39 Å². The van der Waals surface area contributed by atoms with E-state index >= 15 is 0 Å². The Bertz CT molecular complexity index is 519. The molecular formula is C14H16FNO. The molecule has 0 saturated heterocycles. The molecule has 90 valence electrons. The second-order valence-electron chi connectivity index (χ2n) is 4.18. The van der Waals surface area contributed by atoms with Crippen molar-refractivity contribution in [2.75, 3.05) is 7.05 Å². The van der Waals surface area contributed by atoms with E-state index in [2.05, 4.69) is 5.32 Å². The maximum Gasteiger partial charge on any atom is 0.134 e. The van der Waals surface area contributed by atoms with Crippen LogP contribution in [0.3, 0.4) is 0 Å². The molecule has 1 unspecified atom stereocenters. The first-order chi connectivity index (χ1) is 8.11. The van der Waals surface area contributed by atoms with Gasteiger partial charge in [-0.05, 0) is 44.7 Å². The van der Waals surface area contributed by atoms with Gasteiger partial charge in [0.05, 0.1) is 6.04 Å². The predicted octanol–water partition coefficient (Wildman–Crippen LogP) is 3.67. The third kappa shape index (κ3) is 2.39. The Balaban J connectivity index is 2.33. The summed E-state index contributed by atoms with van der Waals surface area (Å²) in [4.78, 5) is 0. The first-order valence-corrected chi connectivity index (χ1v) is 5.65. The van der Waals surface area contributed by atoms with Crippen molar-refractivity contribution in [3.8, 4) is 11.3 Å². The first kappa shape index (κ1) is 11.9. The molecule has 1 N–H and O–H groups in total. The molecule has 1 heterocycles.